The smallest absolute Gasteiger partial charge is 0.407 e. The SMILES string of the molecule is O=C(NCc1nnc(CCl)n1-c1ccc(Cl)cc1C(=O)c1ccccc1Cl)OCc1ccccc1. The van der Waals surface area contributed by atoms with Gasteiger partial charge in [-0.25, -0.2) is 4.79 Å². The summed E-state index contributed by atoms with van der Waals surface area (Å²) in [4.78, 5) is 25.7. The number of hydrogen-bond acceptors (Lipinski definition) is 5. The summed E-state index contributed by atoms with van der Waals surface area (Å²) in [7, 11) is 0. The number of halogens is 3. The minimum atomic E-state index is -0.626. The lowest BCUT2D eigenvalue weighted by Crippen LogP contribution is -2.25. The summed E-state index contributed by atoms with van der Waals surface area (Å²) in [5.41, 5.74) is 1.92. The van der Waals surface area contributed by atoms with Gasteiger partial charge >= 0.3 is 6.09 Å². The number of carbonyl (C=O) groups is 2. The van der Waals surface area contributed by atoms with E-state index in [4.69, 9.17) is 39.5 Å². The van der Waals surface area contributed by atoms with E-state index < -0.39 is 6.09 Å². The second-order valence-corrected chi connectivity index (χ2v) is 8.50. The summed E-state index contributed by atoms with van der Waals surface area (Å²) in [5, 5.41) is 11.6. The zero-order chi connectivity index (χ0) is 24.8. The quantitative estimate of drug-likeness (QED) is 0.224. The molecule has 0 spiro atoms. The van der Waals surface area contributed by atoms with Gasteiger partial charge in [0.05, 0.1) is 23.1 Å². The van der Waals surface area contributed by atoms with Crippen LogP contribution in [-0.4, -0.2) is 26.6 Å². The maximum atomic E-state index is 13.4. The first-order chi connectivity index (χ1) is 17.0. The van der Waals surface area contributed by atoms with Gasteiger partial charge < -0.3 is 10.1 Å². The summed E-state index contributed by atoms with van der Waals surface area (Å²) in [5.74, 6) is 0.432. The van der Waals surface area contributed by atoms with Gasteiger partial charge in [-0.1, -0.05) is 65.7 Å². The Morgan fingerprint density at radius 3 is 2.34 bits per heavy atom. The van der Waals surface area contributed by atoms with Crippen LogP contribution in [0.15, 0.2) is 72.8 Å². The number of aromatic nitrogens is 3. The van der Waals surface area contributed by atoms with E-state index in [0.29, 0.717) is 32.9 Å². The summed E-state index contributed by atoms with van der Waals surface area (Å²) in [6.07, 6.45) is -0.626. The fraction of sp³-hybridized carbons (Fsp3) is 0.120. The molecule has 0 unspecified atom stereocenters. The zero-order valence-electron chi connectivity index (χ0n) is 18.2. The molecule has 178 valence electrons. The van der Waals surface area contributed by atoms with Crippen LogP contribution in [0.3, 0.4) is 0 Å². The van der Waals surface area contributed by atoms with Crippen LogP contribution in [0.4, 0.5) is 4.79 Å². The molecule has 10 heteroatoms. The second kappa shape index (κ2) is 11.4. The van der Waals surface area contributed by atoms with E-state index in [1.165, 1.54) is 0 Å². The molecule has 1 aromatic heterocycles. The maximum Gasteiger partial charge on any atom is 0.407 e. The molecule has 0 bridgehead atoms. The summed E-state index contributed by atoms with van der Waals surface area (Å²) >= 11 is 18.6. The highest BCUT2D eigenvalue weighted by Crippen LogP contribution is 2.27. The van der Waals surface area contributed by atoms with Crippen LogP contribution in [0.1, 0.15) is 33.1 Å². The number of alkyl halides is 1. The highest BCUT2D eigenvalue weighted by molar-refractivity contribution is 6.35. The lowest BCUT2D eigenvalue weighted by Gasteiger charge is -2.15. The van der Waals surface area contributed by atoms with Crippen molar-refractivity contribution in [1.82, 2.24) is 20.1 Å². The molecule has 3 aromatic carbocycles. The monoisotopic (exact) mass is 528 g/mol. The molecule has 35 heavy (non-hydrogen) atoms. The number of nitrogens with zero attached hydrogens (tertiary/aromatic N) is 3. The third-order valence-corrected chi connectivity index (χ3v) is 5.89. The standard InChI is InChI=1S/C25H19Cl3N4O3/c26-13-22-30-31-23(14-29-25(34)35-15-16-6-2-1-3-7-16)32(22)21-11-10-17(27)12-19(21)24(33)18-8-4-5-9-20(18)28/h1-12H,13-15H2,(H,29,34). The first-order valence-electron chi connectivity index (χ1n) is 10.5. The van der Waals surface area contributed by atoms with Crippen molar-refractivity contribution < 1.29 is 14.3 Å². The minimum Gasteiger partial charge on any atom is -0.445 e. The van der Waals surface area contributed by atoms with Crippen LogP contribution in [0.25, 0.3) is 5.69 Å². The van der Waals surface area contributed by atoms with E-state index in [0.717, 1.165) is 5.56 Å². The van der Waals surface area contributed by atoms with Crippen molar-refractivity contribution in [3.8, 4) is 5.69 Å². The summed E-state index contributed by atoms with van der Waals surface area (Å²) in [6.45, 7) is 0.111. The van der Waals surface area contributed by atoms with Crippen molar-refractivity contribution in [2.45, 2.75) is 19.0 Å². The van der Waals surface area contributed by atoms with Crippen molar-refractivity contribution in [3.05, 3.63) is 111 Å². The van der Waals surface area contributed by atoms with E-state index in [-0.39, 0.29) is 30.4 Å². The third kappa shape index (κ3) is 5.82. The van der Waals surface area contributed by atoms with E-state index in [1.54, 1.807) is 47.0 Å². The lowest BCUT2D eigenvalue weighted by atomic mass is 10.0. The van der Waals surface area contributed by atoms with Crippen LogP contribution in [0.2, 0.25) is 10.0 Å². The first-order valence-corrected chi connectivity index (χ1v) is 11.8. The van der Waals surface area contributed by atoms with Gasteiger partial charge in [-0.05, 0) is 35.9 Å². The Morgan fingerprint density at radius 1 is 0.886 bits per heavy atom. The van der Waals surface area contributed by atoms with Gasteiger partial charge in [0.2, 0.25) is 0 Å². The Bertz CT molecular complexity index is 1360. The topological polar surface area (TPSA) is 86.1 Å². The minimum absolute atomic E-state index is 0.0140. The predicted molar refractivity (Wildman–Crippen MR) is 134 cm³/mol. The zero-order valence-corrected chi connectivity index (χ0v) is 20.5. The molecule has 1 heterocycles. The van der Waals surface area contributed by atoms with Crippen molar-refractivity contribution in [3.63, 3.8) is 0 Å². The summed E-state index contributed by atoms with van der Waals surface area (Å²) < 4.78 is 6.87. The van der Waals surface area contributed by atoms with E-state index >= 15 is 0 Å². The molecular weight excluding hydrogens is 511 g/mol. The average molecular weight is 530 g/mol. The Labute approximate surface area is 216 Å². The molecule has 7 nitrogen and oxygen atoms in total. The number of rotatable bonds is 8. The average Bonchev–Trinajstić information content (AvgIpc) is 3.29. The van der Waals surface area contributed by atoms with E-state index in [1.807, 2.05) is 30.3 Å². The molecular formula is C25H19Cl3N4O3. The lowest BCUT2D eigenvalue weighted by molar-refractivity contribution is 0.103. The van der Waals surface area contributed by atoms with Crippen LogP contribution < -0.4 is 5.32 Å². The molecule has 0 aliphatic rings. The van der Waals surface area contributed by atoms with E-state index in [2.05, 4.69) is 15.5 Å². The Morgan fingerprint density at radius 2 is 1.60 bits per heavy atom. The van der Waals surface area contributed by atoms with Crippen LogP contribution in [0.5, 0.6) is 0 Å². The molecule has 1 N–H and O–H groups in total. The molecule has 0 radical (unpaired) electrons. The Balaban J connectivity index is 1.61. The number of nitrogens with one attached hydrogen (secondary N) is 1. The number of amides is 1. The molecule has 0 aliphatic heterocycles. The van der Waals surface area contributed by atoms with Crippen molar-refractivity contribution >= 4 is 46.7 Å². The van der Waals surface area contributed by atoms with Crippen LogP contribution in [0, 0.1) is 0 Å². The Kier molecular flexibility index (Phi) is 8.02. The fourth-order valence-corrected chi connectivity index (χ4v) is 4.00. The number of carbonyl (C=O) groups excluding carboxylic acids is 2. The van der Waals surface area contributed by atoms with Crippen LogP contribution >= 0.6 is 34.8 Å². The molecule has 4 rings (SSSR count). The van der Waals surface area contributed by atoms with Gasteiger partial charge in [-0.15, -0.1) is 21.8 Å². The molecule has 0 saturated heterocycles. The largest absolute Gasteiger partial charge is 0.445 e. The number of alkyl carbamates (subject to hydrolysis) is 1. The molecule has 1 amide bonds. The number of ether oxygens (including phenoxy) is 1. The third-order valence-electron chi connectivity index (χ3n) is 5.08. The highest BCUT2D eigenvalue weighted by atomic mass is 35.5. The second-order valence-electron chi connectivity index (χ2n) is 7.39. The van der Waals surface area contributed by atoms with Gasteiger partial charge in [0.1, 0.15) is 6.61 Å². The normalized spacial score (nSPS) is 10.7. The number of hydrogen-bond donors (Lipinski definition) is 1. The number of benzene rings is 3. The van der Waals surface area contributed by atoms with Crippen molar-refractivity contribution in [1.29, 1.82) is 0 Å². The molecule has 4 aromatic rings. The van der Waals surface area contributed by atoms with Gasteiger partial charge in [-0.3, -0.25) is 9.36 Å². The van der Waals surface area contributed by atoms with Gasteiger partial charge in [0, 0.05) is 16.1 Å². The van der Waals surface area contributed by atoms with Gasteiger partial charge in [-0.2, -0.15) is 0 Å². The summed E-state index contributed by atoms with van der Waals surface area (Å²) in [6, 6.07) is 20.9. The van der Waals surface area contributed by atoms with Gasteiger partial charge in [0.25, 0.3) is 0 Å². The molecule has 0 atom stereocenters. The molecule has 0 aliphatic carbocycles. The highest BCUT2D eigenvalue weighted by Gasteiger charge is 2.22. The first kappa shape index (κ1) is 24.7. The molecule has 0 fully saturated rings. The van der Waals surface area contributed by atoms with Crippen molar-refractivity contribution in [2.24, 2.45) is 0 Å². The number of ketones is 1. The van der Waals surface area contributed by atoms with Gasteiger partial charge in [0.15, 0.2) is 17.4 Å². The van der Waals surface area contributed by atoms with Crippen molar-refractivity contribution in [2.75, 3.05) is 0 Å². The fourth-order valence-electron chi connectivity index (χ4n) is 3.43. The Hall–Kier alpha value is -3.39. The van der Waals surface area contributed by atoms with Crippen LogP contribution in [-0.2, 0) is 23.8 Å². The van der Waals surface area contributed by atoms with E-state index in [9.17, 15) is 9.59 Å². The maximum absolute atomic E-state index is 13.4. The predicted octanol–water partition coefficient (Wildman–Crippen LogP) is 5.97. The molecule has 0 saturated carbocycles.